The van der Waals surface area contributed by atoms with Crippen LogP contribution in [0.4, 0.5) is 5.69 Å². The number of hydrogen-bond donors (Lipinski definition) is 1. The normalized spacial score (nSPS) is 12.2. The van der Waals surface area contributed by atoms with Crippen molar-refractivity contribution in [3.8, 4) is 0 Å². The van der Waals surface area contributed by atoms with Crippen molar-refractivity contribution in [2.24, 2.45) is 0 Å². The molecular formula is C12H14N2O2S. The first-order valence-corrected chi connectivity index (χ1v) is 6.58. The Morgan fingerprint density at radius 2 is 1.76 bits per heavy atom. The standard InChI is InChI=1S/C12H14N2O2S/c1-14(2)17(15,16)10-7-9-5-3-4-6-11(9)12(13)8-10/h3-8H,13H2,1-2H3. The quantitative estimate of drug-likeness (QED) is 0.825. The lowest BCUT2D eigenvalue weighted by atomic mass is 10.1. The van der Waals surface area contributed by atoms with Crippen LogP contribution in [-0.4, -0.2) is 26.8 Å². The molecule has 0 radical (unpaired) electrons. The Hall–Kier alpha value is -1.59. The predicted octanol–water partition coefficient (Wildman–Crippen LogP) is 1.67. The number of anilines is 1. The zero-order valence-electron chi connectivity index (χ0n) is 9.71. The van der Waals surface area contributed by atoms with Gasteiger partial charge in [0.1, 0.15) is 0 Å². The van der Waals surface area contributed by atoms with Crippen LogP contribution in [0.2, 0.25) is 0 Å². The fraction of sp³-hybridized carbons (Fsp3) is 0.167. The van der Waals surface area contributed by atoms with Gasteiger partial charge < -0.3 is 5.73 Å². The fourth-order valence-electron chi connectivity index (χ4n) is 1.67. The Balaban J connectivity index is 2.75. The molecule has 0 amide bonds. The van der Waals surface area contributed by atoms with E-state index in [1.807, 2.05) is 24.3 Å². The molecule has 4 nitrogen and oxygen atoms in total. The molecular weight excluding hydrogens is 236 g/mol. The van der Waals surface area contributed by atoms with E-state index in [-0.39, 0.29) is 4.90 Å². The van der Waals surface area contributed by atoms with E-state index in [1.165, 1.54) is 24.5 Å². The van der Waals surface area contributed by atoms with E-state index in [1.54, 1.807) is 6.07 Å². The molecule has 17 heavy (non-hydrogen) atoms. The van der Waals surface area contributed by atoms with Gasteiger partial charge in [0.2, 0.25) is 10.0 Å². The maximum atomic E-state index is 12.0. The molecule has 2 aromatic rings. The highest BCUT2D eigenvalue weighted by Crippen LogP contribution is 2.26. The number of nitrogens with zero attached hydrogens (tertiary/aromatic N) is 1. The third kappa shape index (κ3) is 1.99. The Kier molecular flexibility index (Phi) is 2.81. The van der Waals surface area contributed by atoms with Crippen molar-refractivity contribution >= 4 is 26.5 Å². The summed E-state index contributed by atoms with van der Waals surface area (Å²) in [7, 11) is -0.436. The summed E-state index contributed by atoms with van der Waals surface area (Å²) in [4.78, 5) is 0.221. The van der Waals surface area contributed by atoms with Gasteiger partial charge in [0.15, 0.2) is 0 Å². The summed E-state index contributed by atoms with van der Waals surface area (Å²) >= 11 is 0. The van der Waals surface area contributed by atoms with Gasteiger partial charge >= 0.3 is 0 Å². The van der Waals surface area contributed by atoms with E-state index in [2.05, 4.69) is 0 Å². The lowest BCUT2D eigenvalue weighted by molar-refractivity contribution is 0.521. The van der Waals surface area contributed by atoms with E-state index in [4.69, 9.17) is 5.73 Å². The van der Waals surface area contributed by atoms with Crippen LogP contribution in [0, 0.1) is 0 Å². The first-order chi connectivity index (χ1) is 7.93. The smallest absolute Gasteiger partial charge is 0.242 e. The number of sulfonamides is 1. The monoisotopic (exact) mass is 250 g/mol. The van der Waals surface area contributed by atoms with Gasteiger partial charge in [-0.1, -0.05) is 24.3 Å². The SMILES string of the molecule is CN(C)S(=O)(=O)c1cc(N)c2ccccc2c1. The third-order valence-corrected chi connectivity index (χ3v) is 4.44. The van der Waals surface area contributed by atoms with Crippen molar-refractivity contribution in [3.05, 3.63) is 36.4 Å². The van der Waals surface area contributed by atoms with Crippen molar-refractivity contribution in [2.45, 2.75) is 4.90 Å². The second kappa shape index (κ2) is 4.01. The minimum Gasteiger partial charge on any atom is -0.398 e. The summed E-state index contributed by atoms with van der Waals surface area (Å²) in [5, 5.41) is 1.69. The van der Waals surface area contributed by atoms with Gasteiger partial charge in [-0.05, 0) is 17.5 Å². The number of nitrogens with two attached hydrogens (primary N) is 1. The second-order valence-electron chi connectivity index (χ2n) is 4.02. The lowest BCUT2D eigenvalue weighted by Gasteiger charge is -2.13. The summed E-state index contributed by atoms with van der Waals surface area (Å²) in [6.45, 7) is 0. The molecule has 0 bridgehead atoms. The minimum atomic E-state index is -3.44. The summed E-state index contributed by atoms with van der Waals surface area (Å²) < 4.78 is 25.2. The molecule has 0 fully saturated rings. The van der Waals surface area contributed by atoms with E-state index >= 15 is 0 Å². The van der Waals surface area contributed by atoms with Crippen LogP contribution >= 0.6 is 0 Å². The summed E-state index contributed by atoms with van der Waals surface area (Å²) in [6.07, 6.45) is 0. The highest BCUT2D eigenvalue weighted by Gasteiger charge is 2.18. The van der Waals surface area contributed by atoms with E-state index in [0.717, 1.165) is 10.8 Å². The summed E-state index contributed by atoms with van der Waals surface area (Å²) in [6, 6.07) is 10.6. The number of fused-ring (bicyclic) bond motifs is 1. The maximum Gasteiger partial charge on any atom is 0.242 e. The molecule has 2 rings (SSSR count). The molecule has 5 heteroatoms. The molecule has 0 heterocycles. The van der Waals surface area contributed by atoms with Gasteiger partial charge in [-0.2, -0.15) is 0 Å². The Bertz CT molecular complexity index is 663. The molecule has 0 atom stereocenters. The molecule has 2 aromatic carbocycles. The zero-order chi connectivity index (χ0) is 12.6. The van der Waals surface area contributed by atoms with E-state index in [0.29, 0.717) is 5.69 Å². The average Bonchev–Trinajstić information content (AvgIpc) is 2.28. The fourth-order valence-corrected chi connectivity index (χ4v) is 2.64. The van der Waals surface area contributed by atoms with Crippen molar-refractivity contribution in [1.82, 2.24) is 4.31 Å². The first kappa shape index (κ1) is 11.9. The number of hydrogen-bond acceptors (Lipinski definition) is 3. The van der Waals surface area contributed by atoms with E-state index < -0.39 is 10.0 Å². The molecule has 0 unspecified atom stereocenters. The van der Waals surface area contributed by atoms with Crippen molar-refractivity contribution < 1.29 is 8.42 Å². The molecule has 2 N–H and O–H groups in total. The summed E-state index contributed by atoms with van der Waals surface area (Å²) in [5.74, 6) is 0. The zero-order valence-corrected chi connectivity index (χ0v) is 10.5. The second-order valence-corrected chi connectivity index (χ2v) is 6.17. The van der Waals surface area contributed by atoms with Gasteiger partial charge in [-0.25, -0.2) is 12.7 Å². The number of rotatable bonds is 2. The Morgan fingerprint density at radius 1 is 1.12 bits per heavy atom. The Morgan fingerprint density at radius 3 is 2.41 bits per heavy atom. The minimum absolute atomic E-state index is 0.221. The van der Waals surface area contributed by atoms with Gasteiger partial charge in [0, 0.05) is 25.2 Å². The van der Waals surface area contributed by atoms with Gasteiger partial charge in [0.25, 0.3) is 0 Å². The van der Waals surface area contributed by atoms with Crippen molar-refractivity contribution in [2.75, 3.05) is 19.8 Å². The van der Waals surface area contributed by atoms with Gasteiger partial charge in [0.05, 0.1) is 4.90 Å². The molecule has 0 aliphatic rings. The first-order valence-electron chi connectivity index (χ1n) is 5.14. The van der Waals surface area contributed by atoms with Crippen LogP contribution in [0.25, 0.3) is 10.8 Å². The van der Waals surface area contributed by atoms with Crippen molar-refractivity contribution in [1.29, 1.82) is 0 Å². The largest absolute Gasteiger partial charge is 0.398 e. The summed E-state index contributed by atoms with van der Waals surface area (Å²) in [5.41, 5.74) is 6.35. The number of nitrogen functional groups attached to an aromatic ring is 1. The third-order valence-electron chi connectivity index (χ3n) is 2.65. The molecule has 0 saturated heterocycles. The topological polar surface area (TPSA) is 63.4 Å². The van der Waals surface area contributed by atoms with Crippen molar-refractivity contribution in [3.63, 3.8) is 0 Å². The van der Waals surface area contributed by atoms with Crippen LogP contribution in [0.1, 0.15) is 0 Å². The Labute approximate surface area is 101 Å². The molecule has 0 saturated carbocycles. The molecule has 0 aromatic heterocycles. The molecule has 0 aliphatic carbocycles. The molecule has 90 valence electrons. The van der Waals surface area contributed by atoms with Gasteiger partial charge in [-0.3, -0.25) is 0 Å². The predicted molar refractivity (Wildman–Crippen MR) is 69.2 cm³/mol. The number of benzene rings is 2. The highest BCUT2D eigenvalue weighted by molar-refractivity contribution is 7.89. The van der Waals surface area contributed by atoms with Crippen LogP contribution in [0.5, 0.6) is 0 Å². The maximum absolute atomic E-state index is 12.0. The van der Waals surface area contributed by atoms with Crippen LogP contribution in [-0.2, 0) is 10.0 Å². The van der Waals surface area contributed by atoms with Gasteiger partial charge in [-0.15, -0.1) is 0 Å². The lowest BCUT2D eigenvalue weighted by Crippen LogP contribution is -2.22. The van der Waals surface area contributed by atoms with Crippen LogP contribution in [0.3, 0.4) is 0 Å². The van der Waals surface area contributed by atoms with Crippen LogP contribution in [0.15, 0.2) is 41.3 Å². The molecule has 0 spiro atoms. The van der Waals surface area contributed by atoms with E-state index in [9.17, 15) is 8.42 Å². The average molecular weight is 250 g/mol. The van der Waals surface area contributed by atoms with Crippen LogP contribution < -0.4 is 5.73 Å². The molecule has 0 aliphatic heterocycles. The highest BCUT2D eigenvalue weighted by atomic mass is 32.2.